The van der Waals surface area contributed by atoms with Gasteiger partial charge in [-0.3, -0.25) is 4.21 Å². The molecule has 2 unspecified atom stereocenters. The molecular weight excluding hydrogens is 250 g/mol. The van der Waals surface area contributed by atoms with E-state index in [1.54, 1.807) is 48.5 Å². The summed E-state index contributed by atoms with van der Waals surface area (Å²) >= 11 is -2.37. The van der Waals surface area contributed by atoms with Gasteiger partial charge in [-0.2, -0.15) is 0 Å². The zero-order chi connectivity index (χ0) is 13.0. The second-order valence-electron chi connectivity index (χ2n) is 3.69. The molecule has 0 amide bonds. The molecule has 0 aromatic heterocycles. The summed E-state index contributed by atoms with van der Waals surface area (Å²) in [7, 11) is 0. The number of hydrogen-bond donors (Lipinski definition) is 1. The largest absolute Gasteiger partial charge is 0.769 e. The van der Waals surface area contributed by atoms with Gasteiger partial charge in [-0.1, -0.05) is 36.4 Å². The first-order chi connectivity index (χ1) is 8.66. The molecule has 94 valence electrons. The minimum Gasteiger partial charge on any atom is -0.769 e. The summed E-state index contributed by atoms with van der Waals surface area (Å²) in [5.41, 5.74) is 5.68. The first kappa shape index (κ1) is 12.6. The van der Waals surface area contributed by atoms with E-state index in [-0.39, 0.29) is 0 Å². The highest BCUT2D eigenvalue weighted by Gasteiger charge is 2.13. The van der Waals surface area contributed by atoms with Gasteiger partial charge in [0.25, 0.3) is 0 Å². The van der Waals surface area contributed by atoms with Crippen molar-refractivity contribution in [3.8, 4) is 5.75 Å². The summed E-state index contributed by atoms with van der Waals surface area (Å²) in [4.78, 5) is 0. The predicted molar refractivity (Wildman–Crippen MR) is 69.6 cm³/mol. The molecule has 2 aromatic rings. The van der Waals surface area contributed by atoms with Crippen molar-refractivity contribution in [2.45, 2.75) is 5.44 Å². The SMILES string of the molecule is Nc1cccc(OC(c2ccccc2)S(=O)[O-])c1. The third kappa shape index (κ3) is 3.09. The second kappa shape index (κ2) is 5.66. The summed E-state index contributed by atoms with van der Waals surface area (Å²) in [6.07, 6.45) is 0. The fraction of sp³-hybridized carbons (Fsp3) is 0.0769. The lowest BCUT2D eigenvalue weighted by Crippen LogP contribution is -2.13. The van der Waals surface area contributed by atoms with E-state index < -0.39 is 16.5 Å². The lowest BCUT2D eigenvalue weighted by Gasteiger charge is -2.21. The average molecular weight is 262 g/mol. The maximum absolute atomic E-state index is 11.2. The van der Waals surface area contributed by atoms with E-state index in [9.17, 15) is 8.76 Å². The highest BCUT2D eigenvalue weighted by Crippen LogP contribution is 2.25. The fourth-order valence-electron chi connectivity index (χ4n) is 1.54. The molecule has 2 rings (SSSR count). The molecule has 0 aliphatic carbocycles. The van der Waals surface area contributed by atoms with Gasteiger partial charge in [0.05, 0.1) is 0 Å². The van der Waals surface area contributed by atoms with Crippen LogP contribution in [0.25, 0.3) is 0 Å². The average Bonchev–Trinajstić information content (AvgIpc) is 2.37. The second-order valence-corrected chi connectivity index (χ2v) is 4.64. The molecule has 0 saturated carbocycles. The Balaban J connectivity index is 2.25. The van der Waals surface area contributed by atoms with Gasteiger partial charge in [0, 0.05) is 17.3 Å². The van der Waals surface area contributed by atoms with Crippen LogP contribution in [0.4, 0.5) is 5.69 Å². The maximum atomic E-state index is 11.2. The summed E-state index contributed by atoms with van der Waals surface area (Å²) in [6, 6.07) is 15.4. The third-order valence-corrected chi connectivity index (χ3v) is 3.07. The Morgan fingerprint density at radius 1 is 1.11 bits per heavy atom. The van der Waals surface area contributed by atoms with E-state index in [4.69, 9.17) is 10.5 Å². The van der Waals surface area contributed by atoms with Crippen molar-refractivity contribution in [1.82, 2.24) is 0 Å². The molecule has 2 N–H and O–H groups in total. The lowest BCUT2D eigenvalue weighted by atomic mass is 10.2. The van der Waals surface area contributed by atoms with Gasteiger partial charge in [-0.25, -0.2) is 0 Å². The minimum atomic E-state index is -2.37. The van der Waals surface area contributed by atoms with E-state index in [1.807, 2.05) is 6.07 Å². The number of nitrogens with two attached hydrogens (primary N) is 1. The van der Waals surface area contributed by atoms with Crippen molar-refractivity contribution in [2.75, 3.05) is 5.73 Å². The number of nitrogen functional groups attached to an aromatic ring is 1. The van der Waals surface area contributed by atoms with Crippen LogP contribution in [0.15, 0.2) is 54.6 Å². The molecule has 2 atom stereocenters. The molecule has 0 saturated heterocycles. The Morgan fingerprint density at radius 3 is 2.44 bits per heavy atom. The lowest BCUT2D eigenvalue weighted by molar-refractivity contribution is 0.274. The van der Waals surface area contributed by atoms with Crippen molar-refractivity contribution in [3.05, 3.63) is 60.2 Å². The molecule has 0 bridgehead atoms. The minimum absolute atomic E-state index is 0.424. The molecular formula is C13H12NO3S-. The molecule has 0 aliphatic heterocycles. The molecule has 18 heavy (non-hydrogen) atoms. The van der Waals surface area contributed by atoms with Crippen molar-refractivity contribution < 1.29 is 13.5 Å². The number of ether oxygens (including phenoxy) is 1. The van der Waals surface area contributed by atoms with Gasteiger partial charge in [-0.15, -0.1) is 0 Å². The van der Waals surface area contributed by atoms with Gasteiger partial charge >= 0.3 is 0 Å². The molecule has 0 heterocycles. The molecule has 2 aromatic carbocycles. The summed E-state index contributed by atoms with van der Waals surface area (Å²) in [5.74, 6) is 0.424. The number of benzene rings is 2. The Hall–Kier alpha value is -1.85. The van der Waals surface area contributed by atoms with Crippen LogP contribution < -0.4 is 10.5 Å². The molecule has 0 aliphatic rings. The van der Waals surface area contributed by atoms with E-state index in [0.717, 1.165) is 0 Å². The van der Waals surface area contributed by atoms with Crippen LogP contribution in [-0.2, 0) is 11.1 Å². The molecule has 0 spiro atoms. The van der Waals surface area contributed by atoms with E-state index in [2.05, 4.69) is 0 Å². The van der Waals surface area contributed by atoms with Crippen molar-refractivity contribution in [2.24, 2.45) is 0 Å². The first-order valence-electron chi connectivity index (χ1n) is 5.32. The Labute approximate surface area is 108 Å². The normalized spacial score (nSPS) is 13.8. The summed E-state index contributed by atoms with van der Waals surface area (Å²) in [6.45, 7) is 0. The zero-order valence-electron chi connectivity index (χ0n) is 9.48. The molecule has 0 fully saturated rings. The van der Waals surface area contributed by atoms with Gasteiger partial charge < -0.3 is 15.0 Å². The van der Waals surface area contributed by atoms with Crippen molar-refractivity contribution in [3.63, 3.8) is 0 Å². The summed E-state index contributed by atoms with van der Waals surface area (Å²) in [5, 5.41) is 0. The Morgan fingerprint density at radius 2 is 1.83 bits per heavy atom. The first-order valence-corrected chi connectivity index (χ1v) is 6.46. The third-order valence-electron chi connectivity index (χ3n) is 2.35. The van der Waals surface area contributed by atoms with Gasteiger partial charge in [0.1, 0.15) is 5.75 Å². The number of hydrogen-bond acceptors (Lipinski definition) is 4. The highest BCUT2D eigenvalue weighted by molar-refractivity contribution is 7.79. The zero-order valence-corrected chi connectivity index (χ0v) is 10.3. The Kier molecular flexibility index (Phi) is 3.96. The van der Waals surface area contributed by atoms with Crippen LogP contribution in [-0.4, -0.2) is 8.76 Å². The van der Waals surface area contributed by atoms with Crippen LogP contribution in [0, 0.1) is 0 Å². The van der Waals surface area contributed by atoms with Crippen LogP contribution in [0.1, 0.15) is 11.0 Å². The standard InChI is InChI=1S/C13H13NO3S/c14-11-7-4-8-12(9-11)17-13(18(15)16)10-5-2-1-3-6-10/h1-9,13H,14H2,(H,15,16)/p-1. The predicted octanol–water partition coefficient (Wildman–Crippen LogP) is 2.23. The Bertz CT molecular complexity index is 545. The van der Waals surface area contributed by atoms with Crippen LogP contribution in [0.5, 0.6) is 5.75 Å². The fourth-order valence-corrected chi connectivity index (χ4v) is 2.11. The summed E-state index contributed by atoms with van der Waals surface area (Å²) < 4.78 is 27.9. The number of rotatable bonds is 4. The van der Waals surface area contributed by atoms with E-state index in [0.29, 0.717) is 17.0 Å². The number of anilines is 1. The topological polar surface area (TPSA) is 75.4 Å². The maximum Gasteiger partial charge on any atom is 0.185 e. The van der Waals surface area contributed by atoms with Gasteiger partial charge in [0.2, 0.25) is 0 Å². The van der Waals surface area contributed by atoms with E-state index >= 15 is 0 Å². The van der Waals surface area contributed by atoms with Gasteiger partial charge in [-0.05, 0) is 23.2 Å². The molecule has 5 heteroatoms. The highest BCUT2D eigenvalue weighted by atomic mass is 32.2. The molecule has 0 radical (unpaired) electrons. The van der Waals surface area contributed by atoms with E-state index in [1.165, 1.54) is 0 Å². The van der Waals surface area contributed by atoms with Crippen LogP contribution >= 0.6 is 0 Å². The van der Waals surface area contributed by atoms with Crippen LogP contribution in [0.3, 0.4) is 0 Å². The quantitative estimate of drug-likeness (QED) is 0.677. The van der Waals surface area contributed by atoms with Gasteiger partial charge in [0.15, 0.2) is 5.44 Å². The van der Waals surface area contributed by atoms with Crippen molar-refractivity contribution in [1.29, 1.82) is 0 Å². The molecule has 4 nitrogen and oxygen atoms in total. The van der Waals surface area contributed by atoms with Crippen LogP contribution in [0.2, 0.25) is 0 Å². The van der Waals surface area contributed by atoms with Crippen molar-refractivity contribution >= 4 is 16.8 Å². The monoisotopic (exact) mass is 262 g/mol. The smallest absolute Gasteiger partial charge is 0.185 e.